The second kappa shape index (κ2) is 5.88. The third-order valence-electron chi connectivity index (χ3n) is 4.95. The molecule has 1 aromatic carbocycles. The monoisotopic (exact) mass is 369 g/mol. The Morgan fingerprint density at radius 1 is 0.952 bits per heavy atom. The Morgan fingerprint density at radius 3 is 1.95 bits per heavy atom. The van der Waals surface area contributed by atoms with Gasteiger partial charge < -0.3 is 4.23 Å². The predicted molar refractivity (Wildman–Crippen MR) is 96.0 cm³/mol. The fourth-order valence-electron chi connectivity index (χ4n) is 4.33. The van der Waals surface area contributed by atoms with Crippen LogP contribution in [0.4, 0.5) is 4.39 Å². The molecule has 4 heteroatoms. The lowest BCUT2D eigenvalue weighted by Gasteiger charge is -2.56. The SMILES string of the molecule is CC(C)[Si-](C(C)C)(C(C)C)n1ccc2c(Br)c(F)ccc21. The van der Waals surface area contributed by atoms with Crippen molar-refractivity contribution in [2.45, 2.75) is 58.2 Å². The minimum Gasteiger partial charge on any atom is -0.499 e. The number of rotatable bonds is 4. The maximum absolute atomic E-state index is 13.8. The zero-order valence-corrected chi connectivity index (χ0v) is 16.3. The highest BCUT2D eigenvalue weighted by Crippen LogP contribution is 2.44. The number of halogens is 2. The van der Waals surface area contributed by atoms with Crippen molar-refractivity contribution in [2.24, 2.45) is 0 Å². The standard InChI is InChI=1S/C17H25BrFNSi/c1-11(2)21(12(3)4,13(5)6)20-10-9-14-16(20)8-7-15(19)17(14)18/h7-13H,1-6H3/q-1. The van der Waals surface area contributed by atoms with Crippen molar-refractivity contribution in [3.05, 3.63) is 34.7 Å². The molecule has 0 amide bonds. The van der Waals surface area contributed by atoms with Gasteiger partial charge in [0, 0.05) is 10.9 Å². The Labute approximate surface area is 136 Å². The highest BCUT2D eigenvalue weighted by atomic mass is 79.9. The van der Waals surface area contributed by atoms with E-state index in [0.29, 0.717) is 21.1 Å². The van der Waals surface area contributed by atoms with Crippen LogP contribution in [-0.4, -0.2) is 12.5 Å². The molecule has 0 N–H and O–H groups in total. The molecule has 1 heterocycles. The number of aromatic nitrogens is 1. The van der Waals surface area contributed by atoms with Crippen molar-refractivity contribution < 1.29 is 4.39 Å². The van der Waals surface area contributed by atoms with E-state index >= 15 is 0 Å². The molecule has 0 radical (unpaired) electrons. The summed E-state index contributed by atoms with van der Waals surface area (Å²) >= 11 is 3.40. The van der Waals surface area contributed by atoms with Crippen LogP contribution in [0.5, 0.6) is 0 Å². The molecule has 0 saturated carbocycles. The fraction of sp³-hybridized carbons (Fsp3) is 0.529. The van der Waals surface area contributed by atoms with Crippen molar-refractivity contribution in [3.63, 3.8) is 0 Å². The van der Waals surface area contributed by atoms with E-state index in [2.05, 4.69) is 74.0 Å². The summed E-state index contributed by atoms with van der Waals surface area (Å²) < 4.78 is 16.9. The maximum Gasteiger partial charge on any atom is 0.138 e. The summed E-state index contributed by atoms with van der Waals surface area (Å²) in [5, 5.41) is 0.980. The molecular formula is C17H25BrFNSi-. The van der Waals surface area contributed by atoms with Gasteiger partial charge in [-0.05, 0) is 48.6 Å². The number of hydrogen-bond acceptors (Lipinski definition) is 0. The molecule has 2 rings (SSSR count). The zero-order chi connectivity index (χ0) is 15.9. The third kappa shape index (κ3) is 2.40. The number of hydrogen-bond donors (Lipinski definition) is 0. The molecule has 0 saturated heterocycles. The lowest BCUT2D eigenvalue weighted by Crippen LogP contribution is -2.51. The summed E-state index contributed by atoms with van der Waals surface area (Å²) in [4.78, 5) is 0. The molecule has 0 aliphatic carbocycles. The molecular weight excluding hydrogens is 345 g/mol. The van der Waals surface area contributed by atoms with Gasteiger partial charge in [0.2, 0.25) is 0 Å². The van der Waals surface area contributed by atoms with Crippen LogP contribution in [0.15, 0.2) is 28.9 Å². The van der Waals surface area contributed by atoms with Gasteiger partial charge in [0.25, 0.3) is 0 Å². The summed E-state index contributed by atoms with van der Waals surface area (Å²) in [5.74, 6) is -0.189. The van der Waals surface area contributed by atoms with E-state index < -0.39 is 8.24 Å². The van der Waals surface area contributed by atoms with Crippen LogP contribution in [0, 0.1) is 5.82 Å². The van der Waals surface area contributed by atoms with Crippen molar-refractivity contribution in [3.8, 4) is 0 Å². The minimum absolute atomic E-state index is 0.189. The summed E-state index contributed by atoms with van der Waals surface area (Å²) in [6.07, 6.45) is 2.18. The number of nitrogens with zero attached hydrogens (tertiary/aromatic N) is 1. The van der Waals surface area contributed by atoms with Crippen LogP contribution in [0.2, 0.25) is 16.6 Å². The molecule has 117 valence electrons. The average Bonchev–Trinajstić information content (AvgIpc) is 2.78. The molecule has 0 aliphatic rings. The Kier molecular flexibility index (Phi) is 4.69. The van der Waals surface area contributed by atoms with E-state index in [1.54, 1.807) is 6.07 Å². The minimum atomic E-state index is -1.78. The fourth-order valence-corrected chi connectivity index (χ4v) is 11.4. The first-order chi connectivity index (χ1) is 9.74. The van der Waals surface area contributed by atoms with Crippen molar-refractivity contribution >= 4 is 35.1 Å². The van der Waals surface area contributed by atoms with Crippen molar-refractivity contribution in [2.75, 3.05) is 0 Å². The lowest BCUT2D eigenvalue weighted by atomic mass is 10.2. The Bertz CT molecular complexity index is 624. The van der Waals surface area contributed by atoms with Crippen LogP contribution in [0.25, 0.3) is 10.9 Å². The van der Waals surface area contributed by atoms with E-state index in [1.165, 1.54) is 0 Å². The lowest BCUT2D eigenvalue weighted by molar-refractivity contribution is 0.623. The van der Waals surface area contributed by atoms with Crippen LogP contribution in [-0.2, 0) is 0 Å². The van der Waals surface area contributed by atoms with Crippen LogP contribution in [0.3, 0.4) is 0 Å². The van der Waals surface area contributed by atoms with Gasteiger partial charge in [-0.15, -0.1) is 16.6 Å². The molecule has 2 aromatic rings. The smallest absolute Gasteiger partial charge is 0.138 e. The first kappa shape index (κ1) is 16.8. The van der Waals surface area contributed by atoms with E-state index in [1.807, 2.05) is 6.07 Å². The molecule has 0 fully saturated rings. The normalized spacial score (nSPS) is 13.1. The average molecular weight is 370 g/mol. The van der Waals surface area contributed by atoms with Crippen molar-refractivity contribution in [1.82, 2.24) is 4.23 Å². The van der Waals surface area contributed by atoms with Gasteiger partial charge in [-0.3, -0.25) is 0 Å². The number of fused-ring (bicyclic) bond motifs is 1. The number of benzene rings is 1. The summed E-state index contributed by atoms with van der Waals surface area (Å²) in [5.41, 5.74) is 3.02. The van der Waals surface area contributed by atoms with Gasteiger partial charge in [-0.25, -0.2) is 4.39 Å². The molecule has 1 nitrogen and oxygen atoms in total. The maximum atomic E-state index is 13.8. The molecule has 1 aromatic heterocycles. The van der Waals surface area contributed by atoms with Gasteiger partial charge in [0.15, 0.2) is 0 Å². The van der Waals surface area contributed by atoms with E-state index in [0.717, 1.165) is 10.9 Å². The molecule has 0 aliphatic heterocycles. The van der Waals surface area contributed by atoms with E-state index in [-0.39, 0.29) is 5.82 Å². The largest absolute Gasteiger partial charge is 0.499 e. The molecule has 0 atom stereocenters. The van der Waals surface area contributed by atoms with Crippen molar-refractivity contribution in [1.29, 1.82) is 0 Å². The molecule has 0 spiro atoms. The highest BCUT2D eigenvalue weighted by molar-refractivity contribution is 9.10. The third-order valence-corrected chi connectivity index (χ3v) is 12.5. The summed E-state index contributed by atoms with van der Waals surface area (Å²) in [7, 11) is -1.78. The van der Waals surface area contributed by atoms with Gasteiger partial charge in [-0.1, -0.05) is 41.5 Å². The van der Waals surface area contributed by atoms with Gasteiger partial charge in [0.1, 0.15) is 5.82 Å². The van der Waals surface area contributed by atoms with E-state index in [4.69, 9.17) is 0 Å². The first-order valence-electron chi connectivity index (χ1n) is 7.70. The Balaban J connectivity index is 2.81. The van der Waals surface area contributed by atoms with Crippen LogP contribution in [0.1, 0.15) is 41.5 Å². The van der Waals surface area contributed by atoms with Gasteiger partial charge in [0.05, 0.1) is 4.47 Å². The Hall–Kier alpha value is -0.613. The molecule has 0 unspecified atom stereocenters. The predicted octanol–water partition coefficient (Wildman–Crippen LogP) is 6.57. The Morgan fingerprint density at radius 2 is 1.48 bits per heavy atom. The summed E-state index contributed by atoms with van der Waals surface area (Å²) in [6.45, 7) is 14.1. The summed E-state index contributed by atoms with van der Waals surface area (Å²) in [6, 6.07) is 5.56. The zero-order valence-electron chi connectivity index (χ0n) is 13.7. The van der Waals surface area contributed by atoms with Crippen LogP contribution < -0.4 is 0 Å². The molecule has 21 heavy (non-hydrogen) atoms. The van der Waals surface area contributed by atoms with Crippen LogP contribution >= 0.6 is 15.9 Å². The second-order valence-electron chi connectivity index (χ2n) is 6.83. The second-order valence-corrected chi connectivity index (χ2v) is 13.3. The van der Waals surface area contributed by atoms with Gasteiger partial charge >= 0.3 is 0 Å². The quantitative estimate of drug-likeness (QED) is 0.537. The first-order valence-corrected chi connectivity index (χ1v) is 10.7. The molecule has 0 bridgehead atoms. The van der Waals surface area contributed by atoms with Gasteiger partial charge in [-0.2, -0.15) is 0 Å². The van der Waals surface area contributed by atoms with E-state index in [9.17, 15) is 4.39 Å². The highest BCUT2D eigenvalue weighted by Gasteiger charge is 2.33. The topological polar surface area (TPSA) is 4.93 Å².